The van der Waals surface area contributed by atoms with Crippen LogP contribution in [0.4, 0.5) is 10.1 Å². The zero-order valence-corrected chi connectivity index (χ0v) is 15.3. The van der Waals surface area contributed by atoms with E-state index < -0.39 is 15.7 Å². The first-order valence-electron chi connectivity index (χ1n) is 8.00. The van der Waals surface area contributed by atoms with Crippen LogP contribution >= 0.6 is 11.3 Å². The van der Waals surface area contributed by atoms with Crippen molar-refractivity contribution in [3.63, 3.8) is 0 Å². The molecule has 9 heteroatoms. The van der Waals surface area contributed by atoms with Gasteiger partial charge in [-0.25, -0.2) is 27.8 Å². The summed E-state index contributed by atoms with van der Waals surface area (Å²) in [5.41, 5.74) is 2.01. The average molecular weight is 390 g/mol. The summed E-state index contributed by atoms with van der Waals surface area (Å²) in [5, 5.41) is 0.630. The molecule has 6 nitrogen and oxygen atoms in total. The molecule has 0 unspecified atom stereocenters. The number of thiazole rings is 1. The summed E-state index contributed by atoms with van der Waals surface area (Å²) in [6.07, 6.45) is 3.99. The van der Waals surface area contributed by atoms with Crippen LogP contribution in [-0.4, -0.2) is 48.0 Å². The van der Waals surface area contributed by atoms with Gasteiger partial charge in [0.05, 0.1) is 28.8 Å². The van der Waals surface area contributed by atoms with E-state index in [1.54, 1.807) is 6.20 Å². The van der Waals surface area contributed by atoms with Crippen LogP contribution in [0, 0.1) is 5.82 Å². The van der Waals surface area contributed by atoms with E-state index in [0.717, 1.165) is 28.5 Å². The van der Waals surface area contributed by atoms with Crippen molar-refractivity contribution in [3.05, 3.63) is 48.7 Å². The van der Waals surface area contributed by atoms with Gasteiger partial charge in [-0.1, -0.05) is 12.1 Å². The fourth-order valence-electron chi connectivity index (χ4n) is 2.74. The SMILES string of the molecule is O=S1(=O)CCN(c2ccc(-c3cnc(-c4ncc(F)cn4)s3)cc2)CC1. The first-order chi connectivity index (χ1) is 12.5. The molecular formula is C17H15FN4O2S2. The third-order valence-corrected chi connectivity index (χ3v) is 6.83. The third-order valence-electron chi connectivity index (χ3n) is 4.18. The lowest BCUT2D eigenvalue weighted by Gasteiger charge is -2.28. The highest BCUT2D eigenvalue weighted by atomic mass is 32.2. The fraction of sp³-hybridized carbons (Fsp3) is 0.235. The predicted octanol–water partition coefficient (Wildman–Crippen LogP) is 2.64. The summed E-state index contributed by atoms with van der Waals surface area (Å²) in [4.78, 5) is 15.2. The van der Waals surface area contributed by atoms with Crippen LogP contribution in [0.3, 0.4) is 0 Å². The number of hydrogen-bond donors (Lipinski definition) is 0. The molecule has 0 aliphatic carbocycles. The molecule has 0 amide bonds. The van der Waals surface area contributed by atoms with Crippen molar-refractivity contribution < 1.29 is 12.8 Å². The molecule has 0 saturated carbocycles. The van der Waals surface area contributed by atoms with Crippen molar-refractivity contribution in [1.29, 1.82) is 0 Å². The molecule has 0 spiro atoms. The summed E-state index contributed by atoms with van der Waals surface area (Å²) < 4.78 is 36.0. The number of rotatable bonds is 3. The van der Waals surface area contributed by atoms with Gasteiger partial charge < -0.3 is 4.90 Å². The predicted molar refractivity (Wildman–Crippen MR) is 99.4 cm³/mol. The number of halogens is 1. The van der Waals surface area contributed by atoms with Crippen LogP contribution in [0.2, 0.25) is 0 Å². The van der Waals surface area contributed by atoms with Crippen molar-refractivity contribution in [2.45, 2.75) is 0 Å². The molecule has 1 aliphatic rings. The number of benzene rings is 1. The monoisotopic (exact) mass is 390 g/mol. The molecule has 0 bridgehead atoms. The van der Waals surface area contributed by atoms with Crippen molar-refractivity contribution in [1.82, 2.24) is 15.0 Å². The molecule has 3 heterocycles. The van der Waals surface area contributed by atoms with Gasteiger partial charge in [0.2, 0.25) is 0 Å². The summed E-state index contributed by atoms with van der Waals surface area (Å²) in [6, 6.07) is 7.95. The second-order valence-electron chi connectivity index (χ2n) is 5.94. The lowest BCUT2D eigenvalue weighted by Crippen LogP contribution is -2.40. The number of hydrogen-bond acceptors (Lipinski definition) is 7. The molecule has 1 saturated heterocycles. The van der Waals surface area contributed by atoms with Crippen LogP contribution in [0.15, 0.2) is 42.9 Å². The van der Waals surface area contributed by atoms with Crippen LogP contribution < -0.4 is 4.90 Å². The first kappa shape index (κ1) is 17.0. The van der Waals surface area contributed by atoms with Gasteiger partial charge in [0, 0.05) is 25.0 Å². The van der Waals surface area contributed by atoms with E-state index in [4.69, 9.17) is 0 Å². The molecule has 0 atom stereocenters. The molecule has 1 fully saturated rings. The molecule has 0 N–H and O–H groups in total. The Morgan fingerprint density at radius 1 is 0.962 bits per heavy atom. The van der Waals surface area contributed by atoms with Gasteiger partial charge in [-0.2, -0.15) is 0 Å². The maximum Gasteiger partial charge on any atom is 0.188 e. The number of anilines is 1. The largest absolute Gasteiger partial charge is 0.369 e. The van der Waals surface area contributed by atoms with Gasteiger partial charge in [0.1, 0.15) is 0 Å². The summed E-state index contributed by atoms with van der Waals surface area (Å²) in [5.74, 6) is 0.315. The molecule has 0 radical (unpaired) electrons. The molecule has 134 valence electrons. The van der Waals surface area contributed by atoms with E-state index in [1.807, 2.05) is 24.3 Å². The lowest BCUT2D eigenvalue weighted by atomic mass is 10.2. The van der Waals surface area contributed by atoms with Gasteiger partial charge in [0.25, 0.3) is 0 Å². The zero-order valence-electron chi connectivity index (χ0n) is 13.7. The van der Waals surface area contributed by atoms with Gasteiger partial charge >= 0.3 is 0 Å². The van der Waals surface area contributed by atoms with E-state index in [-0.39, 0.29) is 11.5 Å². The normalized spacial score (nSPS) is 16.6. The average Bonchev–Trinajstić information content (AvgIpc) is 3.13. The minimum atomic E-state index is -2.88. The topological polar surface area (TPSA) is 76.1 Å². The highest BCUT2D eigenvalue weighted by molar-refractivity contribution is 7.91. The minimum Gasteiger partial charge on any atom is -0.369 e. The van der Waals surface area contributed by atoms with Gasteiger partial charge in [-0.15, -0.1) is 11.3 Å². The molecule has 1 aromatic carbocycles. The quantitative estimate of drug-likeness (QED) is 0.684. The summed E-state index contributed by atoms with van der Waals surface area (Å²) in [7, 11) is -2.88. The Morgan fingerprint density at radius 2 is 1.62 bits per heavy atom. The Kier molecular flexibility index (Phi) is 4.41. The molecule has 26 heavy (non-hydrogen) atoms. The maximum absolute atomic E-state index is 12.9. The maximum atomic E-state index is 12.9. The van der Waals surface area contributed by atoms with Crippen LogP contribution in [-0.2, 0) is 9.84 Å². The Bertz CT molecular complexity index is 1000. The second kappa shape index (κ2) is 6.73. The van der Waals surface area contributed by atoms with E-state index in [2.05, 4.69) is 19.9 Å². The standard InChI is InChI=1S/C17H15FN4O2S2/c18-13-9-19-16(20-10-13)17-21-11-15(25-17)12-1-3-14(4-2-12)22-5-7-26(23,24)8-6-22/h1-4,9-11H,5-8H2. The summed E-state index contributed by atoms with van der Waals surface area (Å²) >= 11 is 1.43. The summed E-state index contributed by atoms with van der Waals surface area (Å²) in [6.45, 7) is 1.04. The van der Waals surface area contributed by atoms with Gasteiger partial charge in [0.15, 0.2) is 26.5 Å². The van der Waals surface area contributed by atoms with Crippen molar-refractivity contribution in [2.75, 3.05) is 29.5 Å². The van der Waals surface area contributed by atoms with Crippen molar-refractivity contribution in [3.8, 4) is 21.3 Å². The Labute approximate surface area is 154 Å². The Morgan fingerprint density at radius 3 is 2.27 bits per heavy atom. The highest BCUT2D eigenvalue weighted by Gasteiger charge is 2.21. The minimum absolute atomic E-state index is 0.199. The van der Waals surface area contributed by atoms with E-state index >= 15 is 0 Å². The number of sulfone groups is 1. The number of aromatic nitrogens is 3. The van der Waals surface area contributed by atoms with Crippen LogP contribution in [0.25, 0.3) is 21.3 Å². The van der Waals surface area contributed by atoms with E-state index in [0.29, 0.717) is 23.9 Å². The molecule has 3 aromatic rings. The molecule has 4 rings (SSSR count). The highest BCUT2D eigenvalue weighted by Crippen LogP contribution is 2.31. The number of nitrogens with zero attached hydrogens (tertiary/aromatic N) is 4. The second-order valence-corrected chi connectivity index (χ2v) is 9.27. The lowest BCUT2D eigenvalue weighted by molar-refractivity contribution is 0.587. The van der Waals surface area contributed by atoms with E-state index in [1.165, 1.54) is 11.3 Å². The molecule has 1 aliphatic heterocycles. The smallest absolute Gasteiger partial charge is 0.188 e. The molecule has 2 aromatic heterocycles. The fourth-order valence-corrected chi connectivity index (χ4v) is 4.81. The van der Waals surface area contributed by atoms with Gasteiger partial charge in [-0.05, 0) is 17.7 Å². The van der Waals surface area contributed by atoms with Crippen molar-refractivity contribution >= 4 is 26.9 Å². The Hall–Kier alpha value is -2.39. The third kappa shape index (κ3) is 3.58. The van der Waals surface area contributed by atoms with Gasteiger partial charge in [-0.3, -0.25) is 0 Å². The first-order valence-corrected chi connectivity index (χ1v) is 10.6. The van der Waals surface area contributed by atoms with Crippen molar-refractivity contribution in [2.24, 2.45) is 0 Å². The zero-order chi connectivity index (χ0) is 18.1. The van der Waals surface area contributed by atoms with Crippen LogP contribution in [0.5, 0.6) is 0 Å². The Balaban J connectivity index is 1.51. The molecular weight excluding hydrogens is 375 g/mol. The van der Waals surface area contributed by atoms with Crippen LogP contribution in [0.1, 0.15) is 0 Å². The van der Waals surface area contributed by atoms with E-state index in [9.17, 15) is 12.8 Å².